The highest BCUT2D eigenvalue weighted by Gasteiger charge is 2.19. The molecule has 0 bridgehead atoms. The molecule has 0 fully saturated rings. The lowest BCUT2D eigenvalue weighted by Gasteiger charge is -2.01. The van der Waals surface area contributed by atoms with E-state index in [0.717, 1.165) is 0 Å². The lowest BCUT2D eigenvalue weighted by atomic mass is 10.2. The van der Waals surface area contributed by atoms with Crippen LogP contribution in [0.25, 0.3) is 6.08 Å². The van der Waals surface area contributed by atoms with Crippen LogP contribution in [0.5, 0.6) is 5.75 Å². The number of phenolic OH excluding ortho intramolecular Hbond substituents is 1. The third-order valence-electron chi connectivity index (χ3n) is 1.53. The van der Waals surface area contributed by atoms with Gasteiger partial charge in [-0.3, -0.25) is 10.1 Å². The Morgan fingerprint density at radius 1 is 1.62 bits per heavy atom. The molecule has 1 aromatic rings. The average Bonchev–Trinajstić information content (AvgIpc) is 2.08. The van der Waals surface area contributed by atoms with Gasteiger partial charge < -0.3 is 5.11 Å². The Balaban J connectivity index is 3.50. The van der Waals surface area contributed by atoms with Crippen molar-refractivity contribution in [1.82, 2.24) is 0 Å². The molecule has 68 valence electrons. The molecule has 5 heteroatoms. The van der Waals surface area contributed by atoms with E-state index in [4.69, 9.17) is 0 Å². The number of aromatic hydroxyl groups is 1. The highest BCUT2D eigenvalue weighted by atomic mass is 79.9. The van der Waals surface area contributed by atoms with Crippen molar-refractivity contribution >= 4 is 27.7 Å². The molecule has 0 amide bonds. The number of nitro benzene ring substituents is 1. The molecule has 0 aliphatic rings. The van der Waals surface area contributed by atoms with Gasteiger partial charge in [0.1, 0.15) is 10.2 Å². The van der Waals surface area contributed by atoms with Crippen LogP contribution in [-0.4, -0.2) is 10.0 Å². The Labute approximate surface area is 82.8 Å². The lowest BCUT2D eigenvalue weighted by molar-refractivity contribution is -0.385. The fraction of sp³-hybridized carbons (Fsp3) is 0. The summed E-state index contributed by atoms with van der Waals surface area (Å²) in [5.74, 6) is -0.155. The zero-order chi connectivity index (χ0) is 10.0. The van der Waals surface area contributed by atoms with Gasteiger partial charge in [-0.2, -0.15) is 0 Å². The summed E-state index contributed by atoms with van der Waals surface area (Å²) >= 11 is 2.93. The van der Waals surface area contributed by atoms with E-state index in [9.17, 15) is 15.2 Å². The summed E-state index contributed by atoms with van der Waals surface area (Å²) in [6.45, 7) is 3.44. The van der Waals surface area contributed by atoms with Crippen molar-refractivity contribution in [2.24, 2.45) is 0 Å². The molecule has 13 heavy (non-hydrogen) atoms. The Morgan fingerprint density at radius 3 is 2.69 bits per heavy atom. The Kier molecular flexibility index (Phi) is 2.67. The van der Waals surface area contributed by atoms with Crippen molar-refractivity contribution in [3.05, 3.63) is 38.9 Å². The van der Waals surface area contributed by atoms with Gasteiger partial charge in [-0.15, -0.1) is 0 Å². The summed E-state index contributed by atoms with van der Waals surface area (Å²) in [4.78, 5) is 10.0. The van der Waals surface area contributed by atoms with Crippen molar-refractivity contribution < 1.29 is 10.0 Å². The topological polar surface area (TPSA) is 63.4 Å². The largest absolute Gasteiger partial charge is 0.507 e. The molecule has 0 saturated carbocycles. The van der Waals surface area contributed by atoms with E-state index in [1.807, 2.05) is 0 Å². The van der Waals surface area contributed by atoms with Crippen LogP contribution in [0.1, 0.15) is 5.56 Å². The predicted molar refractivity (Wildman–Crippen MR) is 52.6 cm³/mol. The molecule has 4 nitrogen and oxygen atoms in total. The molecular formula is C8H6BrNO3. The highest BCUT2D eigenvalue weighted by molar-refractivity contribution is 9.10. The minimum absolute atomic E-state index is 0.0786. The van der Waals surface area contributed by atoms with Crippen LogP contribution in [-0.2, 0) is 0 Å². The van der Waals surface area contributed by atoms with Crippen molar-refractivity contribution in [3.8, 4) is 5.75 Å². The zero-order valence-electron chi connectivity index (χ0n) is 6.53. The average molecular weight is 244 g/mol. The number of nitrogens with zero attached hydrogens (tertiary/aromatic N) is 1. The molecule has 0 atom stereocenters. The fourth-order valence-corrected chi connectivity index (χ4v) is 1.42. The van der Waals surface area contributed by atoms with Crippen molar-refractivity contribution in [1.29, 1.82) is 0 Å². The first-order chi connectivity index (χ1) is 6.07. The van der Waals surface area contributed by atoms with Crippen LogP contribution < -0.4 is 0 Å². The lowest BCUT2D eigenvalue weighted by Crippen LogP contribution is -1.92. The molecule has 0 aromatic heterocycles. The second-order valence-corrected chi connectivity index (χ2v) is 3.09. The third-order valence-corrected chi connectivity index (χ3v) is 2.31. The van der Waals surface area contributed by atoms with Crippen LogP contribution >= 0.6 is 15.9 Å². The quantitative estimate of drug-likeness (QED) is 0.642. The number of hydrogen-bond acceptors (Lipinski definition) is 3. The van der Waals surface area contributed by atoms with E-state index in [-0.39, 0.29) is 15.9 Å². The molecule has 0 radical (unpaired) electrons. The molecule has 1 N–H and O–H groups in total. The minimum atomic E-state index is -0.569. The number of halogens is 1. The number of phenols is 1. The predicted octanol–water partition coefficient (Wildman–Crippen LogP) is 2.71. The fourth-order valence-electron chi connectivity index (χ4n) is 0.919. The first-order valence-electron chi connectivity index (χ1n) is 3.36. The SMILES string of the molecule is C=Cc1ccc(O)c(Br)c1[N+](=O)[O-]. The van der Waals surface area contributed by atoms with E-state index in [1.165, 1.54) is 18.2 Å². The molecule has 1 aromatic carbocycles. The summed E-state index contributed by atoms with van der Waals surface area (Å²) in [5.41, 5.74) is 0.199. The summed E-state index contributed by atoms with van der Waals surface area (Å²) in [5, 5.41) is 19.8. The Morgan fingerprint density at radius 2 is 2.23 bits per heavy atom. The van der Waals surface area contributed by atoms with Gasteiger partial charge in [-0.1, -0.05) is 12.7 Å². The second kappa shape index (κ2) is 3.57. The zero-order valence-corrected chi connectivity index (χ0v) is 8.11. The molecule has 0 aliphatic carbocycles. The standard InChI is InChI=1S/C8H6BrNO3/c1-2-5-3-4-6(11)7(9)8(5)10(12)13/h2-4,11H,1H2. The Hall–Kier alpha value is -1.36. The van der Waals surface area contributed by atoms with Crippen LogP contribution in [0.4, 0.5) is 5.69 Å². The van der Waals surface area contributed by atoms with Crippen molar-refractivity contribution in [2.75, 3.05) is 0 Å². The molecule has 0 unspecified atom stereocenters. The van der Waals surface area contributed by atoms with Gasteiger partial charge in [0, 0.05) is 0 Å². The smallest absolute Gasteiger partial charge is 0.294 e. The maximum Gasteiger partial charge on any atom is 0.294 e. The van der Waals surface area contributed by atoms with Crippen LogP contribution in [0, 0.1) is 10.1 Å². The summed E-state index contributed by atoms with van der Waals surface area (Å²) in [6, 6.07) is 2.80. The molecule has 1 rings (SSSR count). The first-order valence-corrected chi connectivity index (χ1v) is 4.15. The summed E-state index contributed by atoms with van der Waals surface area (Å²) in [7, 11) is 0. The van der Waals surface area contributed by atoms with Gasteiger partial charge in [0.25, 0.3) is 5.69 Å². The monoisotopic (exact) mass is 243 g/mol. The van der Waals surface area contributed by atoms with Gasteiger partial charge in [0.05, 0.1) is 10.5 Å². The maximum atomic E-state index is 10.6. The Bertz CT molecular complexity index is 376. The van der Waals surface area contributed by atoms with Crippen LogP contribution in [0.15, 0.2) is 23.2 Å². The number of rotatable bonds is 2. The number of nitro groups is 1. The normalized spacial score (nSPS) is 9.62. The molecule has 0 spiro atoms. The third kappa shape index (κ3) is 1.70. The van der Waals surface area contributed by atoms with E-state index in [2.05, 4.69) is 22.5 Å². The minimum Gasteiger partial charge on any atom is -0.507 e. The van der Waals surface area contributed by atoms with Crippen LogP contribution in [0.3, 0.4) is 0 Å². The molecule has 0 heterocycles. The van der Waals surface area contributed by atoms with Crippen LogP contribution in [0.2, 0.25) is 0 Å². The molecule has 0 aliphatic heterocycles. The van der Waals surface area contributed by atoms with Crippen molar-refractivity contribution in [2.45, 2.75) is 0 Å². The number of hydrogen-bond donors (Lipinski definition) is 1. The van der Waals surface area contributed by atoms with Gasteiger partial charge in [0.2, 0.25) is 0 Å². The van der Waals surface area contributed by atoms with E-state index in [1.54, 1.807) is 0 Å². The highest BCUT2D eigenvalue weighted by Crippen LogP contribution is 2.36. The first kappa shape index (κ1) is 9.73. The second-order valence-electron chi connectivity index (χ2n) is 2.30. The van der Waals surface area contributed by atoms with E-state index >= 15 is 0 Å². The summed E-state index contributed by atoms with van der Waals surface area (Å²) in [6.07, 6.45) is 1.36. The summed E-state index contributed by atoms with van der Waals surface area (Å²) < 4.78 is 0.0786. The van der Waals surface area contributed by atoms with Gasteiger partial charge in [0.15, 0.2) is 0 Å². The molecular weight excluding hydrogens is 238 g/mol. The van der Waals surface area contributed by atoms with Crippen molar-refractivity contribution in [3.63, 3.8) is 0 Å². The molecule has 0 saturated heterocycles. The van der Waals surface area contributed by atoms with E-state index in [0.29, 0.717) is 5.56 Å². The van der Waals surface area contributed by atoms with Gasteiger partial charge in [-0.05, 0) is 28.1 Å². The van der Waals surface area contributed by atoms with E-state index < -0.39 is 4.92 Å². The van der Waals surface area contributed by atoms with Gasteiger partial charge in [-0.25, -0.2) is 0 Å². The number of benzene rings is 1. The van der Waals surface area contributed by atoms with Gasteiger partial charge >= 0.3 is 0 Å². The maximum absolute atomic E-state index is 10.6.